The van der Waals surface area contributed by atoms with Crippen LogP contribution in [0.5, 0.6) is 0 Å². The van der Waals surface area contributed by atoms with Crippen LogP contribution in [0, 0.1) is 0 Å². The van der Waals surface area contributed by atoms with E-state index in [1.165, 1.54) is 71.0 Å². The molecule has 3 fully saturated rings. The topological polar surface area (TPSA) is 25.4 Å². The molecule has 1 aliphatic heterocycles. The number of rotatable bonds is 5. The van der Waals surface area contributed by atoms with Gasteiger partial charge in [-0.2, -0.15) is 0 Å². The number of benzene rings is 1. The average molecular weight is 387 g/mol. The fourth-order valence-electron chi connectivity index (χ4n) is 3.93. The lowest BCUT2D eigenvalue weighted by Gasteiger charge is -2.19. The first kappa shape index (κ1) is 17.1. The number of anilines is 1. The fourth-order valence-corrected chi connectivity index (χ4v) is 6.35. The molecule has 0 bridgehead atoms. The average Bonchev–Trinajstić information content (AvgIpc) is 3.16. The highest BCUT2D eigenvalue weighted by Crippen LogP contribution is 2.46. The molecule has 0 N–H and O–H groups in total. The maximum Gasteiger partial charge on any atom is 0.0962 e. The van der Waals surface area contributed by atoms with Crippen LogP contribution in [0.25, 0.3) is 10.4 Å². The summed E-state index contributed by atoms with van der Waals surface area (Å²) < 4.78 is 0. The van der Waals surface area contributed by atoms with Gasteiger partial charge in [-0.15, -0.1) is 23.1 Å². The van der Waals surface area contributed by atoms with E-state index in [0.29, 0.717) is 5.92 Å². The van der Waals surface area contributed by atoms with Gasteiger partial charge in [-0.05, 0) is 44.2 Å². The molecule has 0 unspecified atom stereocenters. The minimum atomic E-state index is 0.694. The molecule has 0 amide bonds. The number of thiazole rings is 1. The first-order valence-electron chi connectivity index (χ1n) is 10.0. The Morgan fingerprint density at radius 3 is 2.73 bits per heavy atom. The van der Waals surface area contributed by atoms with Crippen molar-refractivity contribution in [2.24, 2.45) is 0 Å². The van der Waals surface area contributed by atoms with Crippen molar-refractivity contribution in [3.8, 4) is 10.4 Å². The highest BCUT2D eigenvalue weighted by atomic mass is 32.2. The summed E-state index contributed by atoms with van der Waals surface area (Å²) >= 11 is 3.97. The third kappa shape index (κ3) is 3.67. The van der Waals surface area contributed by atoms with Crippen molar-refractivity contribution in [3.63, 3.8) is 0 Å². The van der Waals surface area contributed by atoms with Gasteiger partial charge in [0.1, 0.15) is 0 Å². The first-order chi connectivity index (χ1) is 12.9. The quantitative estimate of drug-likeness (QED) is 0.606. The van der Waals surface area contributed by atoms with Crippen molar-refractivity contribution in [1.82, 2.24) is 4.98 Å². The predicted molar refractivity (Wildman–Crippen MR) is 110 cm³/mol. The van der Waals surface area contributed by atoms with E-state index in [1.807, 2.05) is 23.1 Å². The van der Waals surface area contributed by atoms with Crippen LogP contribution < -0.4 is 5.06 Å². The van der Waals surface area contributed by atoms with Crippen LogP contribution in [0.3, 0.4) is 0 Å². The summed E-state index contributed by atoms with van der Waals surface area (Å²) in [6, 6.07) is 6.85. The molecule has 2 heterocycles. The molecule has 1 aromatic heterocycles. The highest BCUT2D eigenvalue weighted by molar-refractivity contribution is 8.00. The van der Waals surface area contributed by atoms with Gasteiger partial charge < -0.3 is 0 Å². The van der Waals surface area contributed by atoms with Gasteiger partial charge in [-0.3, -0.25) is 9.90 Å². The van der Waals surface area contributed by atoms with Gasteiger partial charge >= 0.3 is 0 Å². The Bertz CT molecular complexity index is 759. The van der Waals surface area contributed by atoms with E-state index in [9.17, 15) is 0 Å². The summed E-state index contributed by atoms with van der Waals surface area (Å²) in [5.74, 6) is 0.694. The Labute approximate surface area is 164 Å². The van der Waals surface area contributed by atoms with E-state index in [0.717, 1.165) is 24.8 Å². The summed E-state index contributed by atoms with van der Waals surface area (Å²) in [6.45, 7) is 1.84. The lowest BCUT2D eigenvalue weighted by Crippen LogP contribution is -2.15. The lowest BCUT2D eigenvalue weighted by atomic mass is 9.90. The molecule has 0 atom stereocenters. The molecule has 26 heavy (non-hydrogen) atoms. The fraction of sp³-hybridized carbons (Fsp3) is 0.571. The van der Waals surface area contributed by atoms with Crippen LogP contribution in [0.2, 0.25) is 0 Å². The Morgan fingerprint density at radius 1 is 1.08 bits per heavy atom. The summed E-state index contributed by atoms with van der Waals surface area (Å²) in [4.78, 5) is 13.3. The van der Waals surface area contributed by atoms with Crippen LogP contribution in [0.15, 0.2) is 29.3 Å². The highest BCUT2D eigenvalue weighted by Gasteiger charge is 2.26. The largest absolute Gasteiger partial charge is 0.273 e. The molecule has 3 aliphatic rings. The maximum atomic E-state index is 5.76. The number of thioether (sulfide) groups is 1. The molecule has 2 saturated carbocycles. The van der Waals surface area contributed by atoms with Crippen molar-refractivity contribution in [1.29, 1.82) is 0 Å². The second kappa shape index (κ2) is 7.53. The van der Waals surface area contributed by atoms with Gasteiger partial charge in [0.2, 0.25) is 0 Å². The minimum Gasteiger partial charge on any atom is -0.273 e. The summed E-state index contributed by atoms with van der Waals surface area (Å²) in [6.07, 6.45) is 12.7. The number of hydrogen-bond donors (Lipinski definition) is 0. The summed E-state index contributed by atoms with van der Waals surface area (Å²) in [5.41, 5.74) is 2.57. The van der Waals surface area contributed by atoms with E-state index in [-0.39, 0.29) is 0 Å². The third-order valence-corrected chi connectivity index (χ3v) is 8.16. The van der Waals surface area contributed by atoms with E-state index in [2.05, 4.69) is 29.5 Å². The van der Waals surface area contributed by atoms with E-state index in [1.54, 1.807) is 0 Å². The van der Waals surface area contributed by atoms with Crippen LogP contribution >= 0.6 is 23.1 Å². The number of hydroxylamine groups is 1. The smallest absolute Gasteiger partial charge is 0.0962 e. The Kier molecular flexibility index (Phi) is 4.95. The van der Waals surface area contributed by atoms with Gasteiger partial charge in [0.15, 0.2) is 0 Å². The van der Waals surface area contributed by atoms with Crippen LogP contribution in [0.4, 0.5) is 5.69 Å². The molecule has 5 heteroatoms. The Morgan fingerprint density at radius 2 is 1.96 bits per heavy atom. The SMILES string of the molecule is c1cc(-c2cnc(C3CCCCC3)s2)c(SC2CC2)cc1N1CCCO1. The molecule has 138 valence electrons. The number of nitrogens with zero attached hydrogens (tertiary/aromatic N) is 2. The normalized spacial score (nSPS) is 21.5. The van der Waals surface area contributed by atoms with Crippen molar-refractivity contribution >= 4 is 28.8 Å². The van der Waals surface area contributed by atoms with Gasteiger partial charge in [0.05, 0.1) is 22.2 Å². The second-order valence-electron chi connectivity index (χ2n) is 7.68. The molecule has 0 spiro atoms. The molecule has 2 aromatic rings. The first-order valence-corrected chi connectivity index (χ1v) is 11.7. The molecule has 0 radical (unpaired) electrons. The van der Waals surface area contributed by atoms with Crippen molar-refractivity contribution in [2.45, 2.75) is 67.4 Å². The summed E-state index contributed by atoms with van der Waals surface area (Å²) in [7, 11) is 0. The van der Waals surface area contributed by atoms with Gasteiger partial charge in [-0.25, -0.2) is 4.98 Å². The maximum absolute atomic E-state index is 5.76. The number of aromatic nitrogens is 1. The van der Waals surface area contributed by atoms with Gasteiger partial charge in [0.25, 0.3) is 0 Å². The number of hydrogen-bond acceptors (Lipinski definition) is 5. The van der Waals surface area contributed by atoms with Crippen LogP contribution in [0.1, 0.15) is 62.3 Å². The second-order valence-corrected chi connectivity index (χ2v) is 10.1. The lowest BCUT2D eigenvalue weighted by molar-refractivity contribution is 0.168. The zero-order valence-electron chi connectivity index (χ0n) is 15.2. The molecule has 3 nitrogen and oxygen atoms in total. The van der Waals surface area contributed by atoms with Gasteiger partial charge in [0, 0.05) is 34.4 Å². The standard InChI is InChI=1S/C21H26N2OS2/c1-2-5-15(6-3-1)21-22-14-20(26-21)18-10-7-16(23-11-4-12-24-23)13-19(18)25-17-8-9-17/h7,10,13-15,17H,1-6,8-9,11-12H2. The Hall–Kier alpha value is -1.04. The van der Waals surface area contributed by atoms with Crippen LogP contribution in [-0.4, -0.2) is 23.4 Å². The predicted octanol–water partition coefficient (Wildman–Crippen LogP) is 6.25. The molecular weight excluding hydrogens is 360 g/mol. The van der Waals surface area contributed by atoms with E-state index >= 15 is 0 Å². The molecule has 1 saturated heterocycles. The molecule has 1 aromatic carbocycles. The molecule has 5 rings (SSSR count). The molecular formula is C21H26N2OS2. The third-order valence-electron chi connectivity index (χ3n) is 5.57. The van der Waals surface area contributed by atoms with E-state index < -0.39 is 0 Å². The zero-order valence-corrected chi connectivity index (χ0v) is 16.8. The van der Waals surface area contributed by atoms with Crippen molar-refractivity contribution < 1.29 is 4.84 Å². The van der Waals surface area contributed by atoms with Crippen molar-refractivity contribution in [2.75, 3.05) is 18.2 Å². The zero-order chi connectivity index (χ0) is 17.3. The van der Waals surface area contributed by atoms with E-state index in [4.69, 9.17) is 9.82 Å². The summed E-state index contributed by atoms with van der Waals surface area (Å²) in [5, 5.41) is 4.21. The monoisotopic (exact) mass is 386 g/mol. The van der Waals surface area contributed by atoms with Crippen LogP contribution in [-0.2, 0) is 4.84 Å². The van der Waals surface area contributed by atoms with Gasteiger partial charge in [-0.1, -0.05) is 25.3 Å². The minimum absolute atomic E-state index is 0.694. The van der Waals surface area contributed by atoms with Crippen molar-refractivity contribution in [3.05, 3.63) is 29.4 Å². The Balaban J connectivity index is 1.44. The molecule has 2 aliphatic carbocycles.